The smallest absolute Gasteiger partial charge is 0.0979 e. The van der Waals surface area contributed by atoms with Gasteiger partial charge in [0, 0.05) is 36.5 Å². The van der Waals surface area contributed by atoms with Crippen LogP contribution in [-0.4, -0.2) is 9.97 Å². The summed E-state index contributed by atoms with van der Waals surface area (Å²) in [5, 5.41) is 7.38. The first kappa shape index (κ1) is 23.3. The molecule has 0 bridgehead atoms. The summed E-state index contributed by atoms with van der Waals surface area (Å²) in [6.07, 6.45) is 1.92. The summed E-state index contributed by atoms with van der Waals surface area (Å²) in [4.78, 5) is 10.2. The molecular weight excluding hydrogens is 504 g/mol. The Morgan fingerprint density at radius 3 is 1.90 bits per heavy atom. The Labute approximate surface area is 236 Å². The number of benzene rings is 6. The van der Waals surface area contributed by atoms with Crippen LogP contribution in [0, 0.1) is 0 Å². The standard InChI is InChI=1S/C37H26N2S/c1-22(2)23-14-16-34-31(19-23)32-20-25(15-17-35(32)40-34)24-8-7-9-26(18-24)33-21-38-36-29-12-5-3-10-27(29)28-11-4-6-13-30(28)37(36)39-33/h3-22H,1-2H3. The summed E-state index contributed by atoms with van der Waals surface area (Å²) >= 11 is 1.87. The highest BCUT2D eigenvalue weighted by Crippen LogP contribution is 2.39. The zero-order valence-electron chi connectivity index (χ0n) is 22.3. The third-order valence-corrected chi connectivity index (χ3v) is 9.23. The molecule has 2 aromatic heterocycles. The van der Waals surface area contributed by atoms with E-state index in [-0.39, 0.29) is 0 Å². The highest BCUT2D eigenvalue weighted by atomic mass is 32.1. The van der Waals surface area contributed by atoms with Crippen LogP contribution in [-0.2, 0) is 0 Å². The molecule has 3 heteroatoms. The minimum absolute atomic E-state index is 0.511. The maximum atomic E-state index is 5.21. The lowest BCUT2D eigenvalue weighted by Gasteiger charge is -2.11. The number of nitrogens with zero attached hydrogens (tertiary/aromatic N) is 2. The molecule has 8 rings (SSSR count). The van der Waals surface area contributed by atoms with Gasteiger partial charge in [-0.3, -0.25) is 4.98 Å². The highest BCUT2D eigenvalue weighted by molar-refractivity contribution is 7.25. The van der Waals surface area contributed by atoms with Gasteiger partial charge in [0.15, 0.2) is 0 Å². The van der Waals surface area contributed by atoms with Crippen molar-refractivity contribution >= 4 is 64.1 Å². The minimum atomic E-state index is 0.511. The SMILES string of the molecule is CC(C)c1ccc2sc3ccc(-c4cccc(-c5cnc6c7ccccc7c7ccccc7c6n5)c4)cc3c2c1. The fourth-order valence-corrected chi connectivity index (χ4v) is 7.02. The van der Waals surface area contributed by atoms with Gasteiger partial charge in [0.2, 0.25) is 0 Å². The molecule has 0 fully saturated rings. The van der Waals surface area contributed by atoms with Crippen molar-refractivity contribution in [3.8, 4) is 22.4 Å². The van der Waals surface area contributed by atoms with Crippen LogP contribution in [0.5, 0.6) is 0 Å². The van der Waals surface area contributed by atoms with Crippen molar-refractivity contribution < 1.29 is 0 Å². The molecule has 0 unspecified atom stereocenters. The van der Waals surface area contributed by atoms with E-state index in [0.29, 0.717) is 5.92 Å². The van der Waals surface area contributed by atoms with Gasteiger partial charge in [-0.25, -0.2) is 4.98 Å². The Balaban J connectivity index is 1.28. The minimum Gasteiger partial charge on any atom is -0.252 e. The monoisotopic (exact) mass is 530 g/mol. The molecular formula is C37H26N2S. The van der Waals surface area contributed by atoms with Gasteiger partial charge >= 0.3 is 0 Å². The van der Waals surface area contributed by atoms with Crippen LogP contribution in [0.1, 0.15) is 25.3 Å². The Morgan fingerprint density at radius 1 is 0.525 bits per heavy atom. The molecule has 0 radical (unpaired) electrons. The van der Waals surface area contributed by atoms with Gasteiger partial charge in [0.05, 0.1) is 22.9 Å². The van der Waals surface area contributed by atoms with Crippen molar-refractivity contribution in [2.75, 3.05) is 0 Å². The maximum Gasteiger partial charge on any atom is 0.0979 e. The number of aromatic nitrogens is 2. The molecule has 0 saturated heterocycles. The van der Waals surface area contributed by atoms with E-state index < -0.39 is 0 Å². The number of fused-ring (bicyclic) bond motifs is 9. The average Bonchev–Trinajstić information content (AvgIpc) is 3.38. The van der Waals surface area contributed by atoms with Gasteiger partial charge in [0.25, 0.3) is 0 Å². The highest BCUT2D eigenvalue weighted by Gasteiger charge is 2.13. The summed E-state index contributed by atoms with van der Waals surface area (Å²) in [5.74, 6) is 0.511. The van der Waals surface area contributed by atoms with Gasteiger partial charge in [0.1, 0.15) is 0 Å². The van der Waals surface area contributed by atoms with E-state index in [0.717, 1.165) is 33.1 Å². The first-order valence-electron chi connectivity index (χ1n) is 13.8. The second kappa shape index (κ2) is 8.97. The lowest BCUT2D eigenvalue weighted by Crippen LogP contribution is -1.92. The quantitative estimate of drug-likeness (QED) is 0.212. The van der Waals surface area contributed by atoms with Crippen molar-refractivity contribution in [3.05, 3.63) is 121 Å². The van der Waals surface area contributed by atoms with Crippen LogP contribution in [0.15, 0.2) is 115 Å². The largest absolute Gasteiger partial charge is 0.252 e. The molecule has 6 aromatic carbocycles. The second-order valence-electron chi connectivity index (χ2n) is 10.8. The van der Waals surface area contributed by atoms with Gasteiger partial charge in [-0.1, -0.05) is 92.7 Å². The zero-order valence-corrected chi connectivity index (χ0v) is 23.2. The summed E-state index contributed by atoms with van der Waals surface area (Å²) in [7, 11) is 0. The third kappa shape index (κ3) is 3.62. The molecule has 40 heavy (non-hydrogen) atoms. The van der Waals surface area contributed by atoms with E-state index in [1.54, 1.807) is 0 Å². The molecule has 0 N–H and O–H groups in total. The Bertz CT molecular complexity index is 2220. The number of rotatable bonds is 3. The fourth-order valence-electron chi connectivity index (χ4n) is 5.95. The first-order valence-corrected chi connectivity index (χ1v) is 14.6. The summed E-state index contributed by atoms with van der Waals surface area (Å²) < 4.78 is 2.67. The predicted octanol–water partition coefficient (Wildman–Crippen LogP) is 10.8. The zero-order chi connectivity index (χ0) is 26.8. The van der Waals surface area contributed by atoms with Crippen LogP contribution < -0.4 is 0 Å². The molecule has 0 aliphatic rings. The van der Waals surface area contributed by atoms with Crippen LogP contribution in [0.2, 0.25) is 0 Å². The van der Waals surface area contributed by atoms with Gasteiger partial charge < -0.3 is 0 Å². The Hall–Kier alpha value is -4.60. The summed E-state index contributed by atoms with van der Waals surface area (Å²) in [6.45, 7) is 4.52. The van der Waals surface area contributed by atoms with E-state index in [1.165, 1.54) is 47.6 Å². The van der Waals surface area contributed by atoms with Gasteiger partial charge in [-0.15, -0.1) is 11.3 Å². The summed E-state index contributed by atoms with van der Waals surface area (Å²) in [5.41, 5.74) is 7.64. The molecule has 0 saturated carbocycles. The van der Waals surface area contributed by atoms with E-state index in [1.807, 2.05) is 17.5 Å². The molecule has 0 aliphatic carbocycles. The maximum absolute atomic E-state index is 5.21. The lowest BCUT2D eigenvalue weighted by atomic mass is 9.97. The molecule has 190 valence electrons. The van der Waals surface area contributed by atoms with Crippen molar-refractivity contribution in [3.63, 3.8) is 0 Å². The first-order chi connectivity index (χ1) is 19.6. The van der Waals surface area contributed by atoms with Gasteiger partial charge in [-0.05, 0) is 63.7 Å². The van der Waals surface area contributed by atoms with E-state index >= 15 is 0 Å². The van der Waals surface area contributed by atoms with Crippen molar-refractivity contribution in [1.29, 1.82) is 0 Å². The van der Waals surface area contributed by atoms with Crippen LogP contribution in [0.25, 0.3) is 75.1 Å². The van der Waals surface area contributed by atoms with E-state index in [4.69, 9.17) is 9.97 Å². The predicted molar refractivity (Wildman–Crippen MR) is 172 cm³/mol. The lowest BCUT2D eigenvalue weighted by molar-refractivity contribution is 0.869. The molecule has 8 aromatic rings. The van der Waals surface area contributed by atoms with Crippen LogP contribution >= 0.6 is 11.3 Å². The Kier molecular flexibility index (Phi) is 5.23. The normalized spacial score (nSPS) is 12.0. The van der Waals surface area contributed by atoms with E-state index in [2.05, 4.69) is 123 Å². The molecule has 0 aliphatic heterocycles. The molecule has 0 spiro atoms. The second-order valence-corrected chi connectivity index (χ2v) is 11.9. The number of thiophene rings is 1. The van der Waals surface area contributed by atoms with Crippen LogP contribution in [0.3, 0.4) is 0 Å². The molecule has 0 atom stereocenters. The third-order valence-electron chi connectivity index (χ3n) is 8.08. The number of hydrogen-bond acceptors (Lipinski definition) is 3. The van der Waals surface area contributed by atoms with Crippen molar-refractivity contribution in [1.82, 2.24) is 9.97 Å². The van der Waals surface area contributed by atoms with Crippen molar-refractivity contribution in [2.24, 2.45) is 0 Å². The number of hydrogen-bond donors (Lipinski definition) is 0. The van der Waals surface area contributed by atoms with E-state index in [9.17, 15) is 0 Å². The molecule has 0 amide bonds. The fraction of sp³-hybridized carbons (Fsp3) is 0.0811. The summed E-state index contributed by atoms with van der Waals surface area (Å²) in [6, 6.07) is 39.5. The topological polar surface area (TPSA) is 25.8 Å². The van der Waals surface area contributed by atoms with Crippen LogP contribution in [0.4, 0.5) is 0 Å². The Morgan fingerprint density at radius 2 is 1.15 bits per heavy atom. The molecule has 2 nitrogen and oxygen atoms in total. The molecule has 2 heterocycles. The average molecular weight is 531 g/mol. The van der Waals surface area contributed by atoms with Crippen molar-refractivity contribution in [2.45, 2.75) is 19.8 Å². The van der Waals surface area contributed by atoms with Gasteiger partial charge in [-0.2, -0.15) is 0 Å².